The fourth-order valence-corrected chi connectivity index (χ4v) is 3.00. The number of hydrogen-bond acceptors (Lipinski definition) is 4. The van der Waals surface area contributed by atoms with E-state index in [-0.39, 0.29) is 24.1 Å². The average Bonchev–Trinajstić information content (AvgIpc) is 2.60. The Morgan fingerprint density at radius 1 is 1.17 bits per heavy atom. The van der Waals surface area contributed by atoms with Gasteiger partial charge in [0.15, 0.2) is 0 Å². The number of fused-ring (bicyclic) bond motifs is 1. The molecule has 6 nitrogen and oxygen atoms in total. The minimum atomic E-state index is -0.426. The molecule has 0 spiro atoms. The van der Waals surface area contributed by atoms with E-state index in [0.29, 0.717) is 5.56 Å². The van der Waals surface area contributed by atoms with Gasteiger partial charge < -0.3 is 20.2 Å². The number of para-hydroxylation sites is 1. The lowest BCUT2D eigenvalue weighted by molar-refractivity contribution is -0.119. The number of nitrogens with one attached hydrogen (secondary N) is 1. The van der Waals surface area contributed by atoms with Gasteiger partial charge in [0.2, 0.25) is 5.91 Å². The molecule has 124 valence electrons. The lowest BCUT2D eigenvalue weighted by Gasteiger charge is -2.43. The molecule has 0 aromatic heterocycles. The number of rotatable bonds is 3. The summed E-state index contributed by atoms with van der Waals surface area (Å²) in [5.74, 6) is -0.0880. The van der Waals surface area contributed by atoms with E-state index < -0.39 is 6.17 Å². The van der Waals surface area contributed by atoms with Crippen molar-refractivity contribution in [2.24, 2.45) is 0 Å². The fourth-order valence-electron chi connectivity index (χ4n) is 3.00. The number of anilines is 1. The quantitative estimate of drug-likeness (QED) is 0.901. The normalized spacial score (nSPS) is 16.8. The Labute approximate surface area is 140 Å². The molecule has 6 heteroatoms. The van der Waals surface area contributed by atoms with Crippen LogP contribution in [0.15, 0.2) is 48.5 Å². The first kappa shape index (κ1) is 15.9. The summed E-state index contributed by atoms with van der Waals surface area (Å²) in [6.07, 6.45) is -0.426. The van der Waals surface area contributed by atoms with E-state index in [1.165, 1.54) is 0 Å². The first-order valence-corrected chi connectivity index (χ1v) is 7.65. The van der Waals surface area contributed by atoms with E-state index in [1.54, 1.807) is 49.3 Å². The second-order valence-electron chi connectivity index (χ2n) is 5.70. The Bertz CT molecular complexity index is 773. The molecule has 1 heterocycles. The van der Waals surface area contributed by atoms with E-state index in [9.17, 15) is 14.7 Å². The molecule has 2 aromatic carbocycles. The van der Waals surface area contributed by atoms with Gasteiger partial charge in [0, 0.05) is 14.1 Å². The summed E-state index contributed by atoms with van der Waals surface area (Å²) >= 11 is 0. The molecule has 1 atom stereocenters. The lowest BCUT2D eigenvalue weighted by atomic mass is 10.0. The molecule has 0 saturated heterocycles. The van der Waals surface area contributed by atoms with Crippen molar-refractivity contribution >= 4 is 17.5 Å². The molecule has 24 heavy (non-hydrogen) atoms. The van der Waals surface area contributed by atoms with Gasteiger partial charge in [-0.1, -0.05) is 24.3 Å². The van der Waals surface area contributed by atoms with Crippen molar-refractivity contribution in [2.75, 3.05) is 25.5 Å². The monoisotopic (exact) mass is 325 g/mol. The third kappa shape index (κ3) is 2.67. The second-order valence-corrected chi connectivity index (χ2v) is 5.70. The van der Waals surface area contributed by atoms with Crippen LogP contribution in [0, 0.1) is 0 Å². The maximum absolute atomic E-state index is 12.7. The predicted molar refractivity (Wildman–Crippen MR) is 90.8 cm³/mol. The van der Waals surface area contributed by atoms with Gasteiger partial charge >= 0.3 is 0 Å². The van der Waals surface area contributed by atoms with Crippen LogP contribution in [0.4, 0.5) is 5.69 Å². The second kappa shape index (κ2) is 6.23. The van der Waals surface area contributed by atoms with Gasteiger partial charge in [-0.15, -0.1) is 0 Å². The highest BCUT2D eigenvalue weighted by Crippen LogP contribution is 2.37. The third-order valence-electron chi connectivity index (χ3n) is 4.21. The molecule has 3 rings (SSSR count). The van der Waals surface area contributed by atoms with Crippen molar-refractivity contribution in [3.05, 3.63) is 59.7 Å². The van der Waals surface area contributed by atoms with E-state index in [2.05, 4.69) is 5.32 Å². The number of aromatic hydroxyl groups is 1. The summed E-state index contributed by atoms with van der Waals surface area (Å²) in [4.78, 5) is 28.2. The summed E-state index contributed by atoms with van der Waals surface area (Å²) < 4.78 is 0. The zero-order valence-electron chi connectivity index (χ0n) is 13.6. The minimum Gasteiger partial charge on any atom is -0.508 e. The van der Waals surface area contributed by atoms with Crippen LogP contribution >= 0.6 is 0 Å². The number of phenolic OH excluding ortho intramolecular Hbond substituents is 1. The van der Waals surface area contributed by atoms with Gasteiger partial charge in [-0.05, 0) is 29.8 Å². The fraction of sp³-hybridized carbons (Fsp3) is 0.222. The zero-order chi connectivity index (χ0) is 17.3. The number of amides is 2. The number of nitrogens with zero attached hydrogens (tertiary/aromatic N) is 2. The highest BCUT2D eigenvalue weighted by Gasteiger charge is 2.36. The van der Waals surface area contributed by atoms with Crippen molar-refractivity contribution in [2.45, 2.75) is 6.17 Å². The number of likely N-dealkylation sites (N-methyl/N-ethyl adjacent to an activating group) is 1. The third-order valence-corrected chi connectivity index (χ3v) is 4.21. The number of benzene rings is 2. The average molecular weight is 325 g/mol. The Morgan fingerprint density at radius 3 is 2.50 bits per heavy atom. The van der Waals surface area contributed by atoms with Crippen LogP contribution < -0.4 is 10.2 Å². The molecule has 1 aliphatic rings. The molecular formula is C18H19N3O3. The van der Waals surface area contributed by atoms with Crippen LogP contribution in [-0.2, 0) is 4.79 Å². The van der Waals surface area contributed by atoms with E-state index >= 15 is 0 Å². The summed E-state index contributed by atoms with van der Waals surface area (Å²) in [6.45, 7) is 0.122. The number of carbonyl (C=O) groups excluding carboxylic acids is 2. The summed E-state index contributed by atoms with van der Waals surface area (Å²) in [7, 11) is 3.30. The first-order valence-electron chi connectivity index (χ1n) is 7.65. The molecule has 2 amide bonds. The Hall–Kier alpha value is -3.02. The Kier molecular flexibility index (Phi) is 4.12. The molecule has 0 aliphatic carbocycles. The maximum Gasteiger partial charge on any atom is 0.257 e. The van der Waals surface area contributed by atoms with E-state index in [4.69, 9.17) is 0 Å². The van der Waals surface area contributed by atoms with E-state index in [0.717, 1.165) is 11.3 Å². The molecule has 2 aromatic rings. The van der Waals surface area contributed by atoms with Gasteiger partial charge in [-0.3, -0.25) is 9.59 Å². The molecule has 1 unspecified atom stereocenters. The number of carbonyl (C=O) groups is 2. The van der Waals surface area contributed by atoms with Gasteiger partial charge in [0.1, 0.15) is 11.9 Å². The largest absolute Gasteiger partial charge is 0.508 e. The van der Waals surface area contributed by atoms with Crippen molar-refractivity contribution in [1.82, 2.24) is 10.2 Å². The molecule has 2 N–H and O–H groups in total. The molecule has 0 fully saturated rings. The van der Waals surface area contributed by atoms with Crippen LogP contribution in [0.25, 0.3) is 0 Å². The number of phenols is 1. The number of hydrogen-bond donors (Lipinski definition) is 2. The standard InChI is InChI=1S/C18H19N3O3/c1-19-16(23)11-21-15-6-4-3-5-14(15)18(24)20(2)17(21)12-7-9-13(22)10-8-12/h3-10,17,22H,11H2,1-2H3,(H,19,23). The van der Waals surface area contributed by atoms with E-state index in [1.807, 2.05) is 23.1 Å². The van der Waals surface area contributed by atoms with Crippen LogP contribution in [-0.4, -0.2) is 42.5 Å². The highest BCUT2D eigenvalue weighted by molar-refractivity contribution is 6.02. The van der Waals surface area contributed by atoms with Crippen molar-refractivity contribution in [3.8, 4) is 5.75 Å². The molecule has 0 saturated carbocycles. The SMILES string of the molecule is CNC(=O)CN1c2ccccc2C(=O)N(C)C1c1ccc(O)cc1. The van der Waals surface area contributed by atoms with Crippen LogP contribution in [0.3, 0.4) is 0 Å². The highest BCUT2D eigenvalue weighted by atomic mass is 16.3. The van der Waals surface area contributed by atoms with Crippen molar-refractivity contribution < 1.29 is 14.7 Å². The molecule has 0 bridgehead atoms. The zero-order valence-corrected chi connectivity index (χ0v) is 13.6. The van der Waals surface area contributed by atoms with Crippen molar-refractivity contribution in [3.63, 3.8) is 0 Å². The Morgan fingerprint density at radius 2 is 1.83 bits per heavy atom. The lowest BCUT2D eigenvalue weighted by Crippen LogP contribution is -2.50. The molecular weight excluding hydrogens is 306 g/mol. The smallest absolute Gasteiger partial charge is 0.257 e. The Balaban J connectivity index is 2.12. The summed E-state index contributed by atoms with van der Waals surface area (Å²) in [6, 6.07) is 13.9. The molecule has 0 radical (unpaired) electrons. The van der Waals surface area contributed by atoms with Crippen LogP contribution in [0.5, 0.6) is 5.75 Å². The topological polar surface area (TPSA) is 72.9 Å². The van der Waals surface area contributed by atoms with Crippen LogP contribution in [0.1, 0.15) is 22.1 Å². The van der Waals surface area contributed by atoms with Gasteiger partial charge in [0.05, 0.1) is 17.8 Å². The van der Waals surface area contributed by atoms with Crippen molar-refractivity contribution in [1.29, 1.82) is 0 Å². The first-order chi connectivity index (χ1) is 11.5. The van der Waals surface area contributed by atoms with Gasteiger partial charge in [0.25, 0.3) is 5.91 Å². The van der Waals surface area contributed by atoms with Gasteiger partial charge in [-0.25, -0.2) is 0 Å². The molecule has 1 aliphatic heterocycles. The summed E-state index contributed by atoms with van der Waals surface area (Å²) in [5.41, 5.74) is 2.11. The minimum absolute atomic E-state index is 0.100. The summed E-state index contributed by atoms with van der Waals surface area (Å²) in [5, 5.41) is 12.1. The predicted octanol–water partition coefficient (Wildman–Crippen LogP) is 1.73. The van der Waals surface area contributed by atoms with Gasteiger partial charge in [-0.2, -0.15) is 0 Å². The maximum atomic E-state index is 12.7. The van der Waals surface area contributed by atoms with Crippen LogP contribution in [0.2, 0.25) is 0 Å².